The zero-order valence-corrected chi connectivity index (χ0v) is 29.9. The van der Waals surface area contributed by atoms with E-state index in [-0.39, 0.29) is 0 Å². The van der Waals surface area contributed by atoms with E-state index in [1.54, 1.807) is 30.3 Å². The van der Waals surface area contributed by atoms with Crippen LogP contribution >= 0.6 is 0 Å². The molecule has 1 aromatic rings. The van der Waals surface area contributed by atoms with E-state index in [0.29, 0.717) is 5.56 Å². The van der Waals surface area contributed by atoms with Gasteiger partial charge in [-0.05, 0) is 5.56 Å². The predicted octanol–water partition coefficient (Wildman–Crippen LogP) is 0.888. The van der Waals surface area contributed by atoms with Crippen molar-refractivity contribution in [3.63, 3.8) is 0 Å². The fourth-order valence-corrected chi connectivity index (χ4v) is 5.56. The largest absolute Gasteiger partial charge is 0.463 e. The predicted molar refractivity (Wildman–Crippen MR) is 169 cm³/mol. The van der Waals surface area contributed by atoms with Crippen LogP contribution in [-0.2, 0) is 85.7 Å². The molecule has 0 aliphatic carbocycles. The standard InChI is InChI=1S/C34H41NO18/c1-16(36)43-14-25-27(45-17(2)37)29(47-19(4)39)31(49-21(6)41)33(52-25)44-15-26-28(46-18(3)38)30(48-20(5)40)32(50-22(7)42)34(53-26)51-24(13-35)23-11-9-8-10-12-23/h8-12,24-34H,14-15H2,1-7H3/t24-,25-,26-,27-,28+,29+,30+,31-,32+,33-,34-/m0/s1. The van der Waals surface area contributed by atoms with Crippen LogP contribution in [0.2, 0.25) is 0 Å². The number of hydrogen-bond acceptors (Lipinski definition) is 19. The molecule has 2 fully saturated rings. The Morgan fingerprint density at radius 2 is 0.962 bits per heavy atom. The van der Waals surface area contributed by atoms with Crippen LogP contribution in [0.3, 0.4) is 0 Å². The molecule has 2 heterocycles. The molecular formula is C34H41NO18. The minimum absolute atomic E-state index is 0.386. The second-order valence-electron chi connectivity index (χ2n) is 11.7. The zero-order chi connectivity index (χ0) is 39.4. The number of carbonyl (C=O) groups excluding carboxylic acids is 7. The average molecular weight is 752 g/mol. The van der Waals surface area contributed by atoms with Crippen LogP contribution in [0, 0.1) is 11.3 Å². The number of rotatable bonds is 14. The van der Waals surface area contributed by atoms with Gasteiger partial charge in [-0.25, -0.2) is 0 Å². The van der Waals surface area contributed by atoms with Gasteiger partial charge in [-0.2, -0.15) is 5.26 Å². The van der Waals surface area contributed by atoms with Crippen LogP contribution in [-0.4, -0.2) is 116 Å². The van der Waals surface area contributed by atoms with Crippen molar-refractivity contribution in [2.45, 2.75) is 116 Å². The molecule has 0 radical (unpaired) electrons. The highest BCUT2D eigenvalue weighted by Gasteiger charge is 2.56. The Hall–Kier alpha value is -5.16. The van der Waals surface area contributed by atoms with Crippen LogP contribution < -0.4 is 0 Å². The Labute approximate surface area is 303 Å². The van der Waals surface area contributed by atoms with Gasteiger partial charge in [0.2, 0.25) is 6.29 Å². The normalized spacial score (nSPS) is 28.5. The number of carbonyl (C=O) groups is 7. The molecule has 3 rings (SSSR count). The topological polar surface area (TPSA) is 245 Å². The van der Waals surface area contributed by atoms with E-state index < -0.39 is 123 Å². The maximum atomic E-state index is 12.4. The van der Waals surface area contributed by atoms with E-state index in [9.17, 15) is 38.8 Å². The molecule has 0 bridgehead atoms. The second kappa shape index (κ2) is 19.6. The van der Waals surface area contributed by atoms with Crippen molar-refractivity contribution < 1.29 is 85.7 Å². The maximum absolute atomic E-state index is 12.4. The SMILES string of the molecule is CC(=O)OC[C@@H]1O[C@H](OC[C@@H]2O[C@H](O[C@@H](C#N)c3ccccc3)[C@H](OC(C)=O)[C@H](OC(C)=O)[C@@H]2OC(C)=O)[C@@H](OC(C)=O)[C@H](OC(C)=O)[C@H]1OC(C)=O. The van der Waals surface area contributed by atoms with Crippen LogP contribution in [0.15, 0.2) is 30.3 Å². The quantitative estimate of drug-likeness (QED) is 0.189. The molecule has 19 heteroatoms. The fourth-order valence-electron chi connectivity index (χ4n) is 5.56. The van der Waals surface area contributed by atoms with Crippen molar-refractivity contribution in [2.75, 3.05) is 13.2 Å². The smallest absolute Gasteiger partial charge is 0.303 e. The number of nitriles is 1. The van der Waals surface area contributed by atoms with Gasteiger partial charge in [-0.3, -0.25) is 33.6 Å². The lowest BCUT2D eigenvalue weighted by Crippen LogP contribution is -2.65. The number of hydrogen-bond donors (Lipinski definition) is 0. The third-order valence-electron chi connectivity index (χ3n) is 7.36. The Morgan fingerprint density at radius 1 is 0.566 bits per heavy atom. The average Bonchev–Trinajstić information content (AvgIpc) is 3.05. The van der Waals surface area contributed by atoms with E-state index in [1.165, 1.54) is 0 Å². The Balaban J connectivity index is 2.08. The van der Waals surface area contributed by atoms with Crippen LogP contribution in [0.25, 0.3) is 0 Å². The summed E-state index contributed by atoms with van der Waals surface area (Å²) in [5.41, 5.74) is 0.386. The summed E-state index contributed by atoms with van der Waals surface area (Å²) in [6, 6.07) is 10.2. The molecule has 0 saturated carbocycles. The van der Waals surface area contributed by atoms with Crippen LogP contribution in [0.1, 0.15) is 60.1 Å². The summed E-state index contributed by atoms with van der Waals surface area (Å²) >= 11 is 0. The number of ether oxygens (including phenoxy) is 11. The summed E-state index contributed by atoms with van der Waals surface area (Å²) in [5.74, 6) is -6.00. The van der Waals surface area contributed by atoms with Crippen molar-refractivity contribution >= 4 is 41.8 Å². The maximum Gasteiger partial charge on any atom is 0.303 e. The van der Waals surface area contributed by atoms with Crippen LogP contribution in [0.4, 0.5) is 0 Å². The third-order valence-corrected chi connectivity index (χ3v) is 7.36. The minimum atomic E-state index is -1.69. The highest BCUT2D eigenvalue weighted by Crippen LogP contribution is 2.35. The summed E-state index contributed by atoms with van der Waals surface area (Å²) in [5, 5.41) is 9.99. The summed E-state index contributed by atoms with van der Waals surface area (Å²) in [6.45, 7) is 6.18. The first-order chi connectivity index (χ1) is 25.0. The Morgan fingerprint density at radius 3 is 1.40 bits per heavy atom. The lowest BCUT2D eigenvalue weighted by Gasteiger charge is -2.46. The molecule has 290 valence electrons. The molecule has 11 atom stereocenters. The lowest BCUT2D eigenvalue weighted by molar-refractivity contribution is -0.337. The second-order valence-corrected chi connectivity index (χ2v) is 11.7. The highest BCUT2D eigenvalue weighted by molar-refractivity contribution is 5.69. The van der Waals surface area contributed by atoms with E-state index in [0.717, 1.165) is 48.5 Å². The number of benzene rings is 1. The fraction of sp³-hybridized carbons (Fsp3) is 0.588. The minimum Gasteiger partial charge on any atom is -0.463 e. The molecule has 0 amide bonds. The lowest BCUT2D eigenvalue weighted by atomic mass is 9.97. The molecule has 19 nitrogen and oxygen atoms in total. The number of nitrogens with zero attached hydrogens (tertiary/aromatic N) is 1. The first-order valence-electron chi connectivity index (χ1n) is 16.2. The van der Waals surface area contributed by atoms with E-state index in [2.05, 4.69) is 0 Å². The molecule has 0 N–H and O–H groups in total. The molecule has 2 saturated heterocycles. The first-order valence-corrected chi connectivity index (χ1v) is 16.2. The summed E-state index contributed by atoms with van der Waals surface area (Å²) in [7, 11) is 0. The monoisotopic (exact) mass is 751 g/mol. The Kier molecular flexibility index (Phi) is 15.6. The molecule has 2 aliphatic heterocycles. The van der Waals surface area contributed by atoms with Gasteiger partial charge in [-0.15, -0.1) is 0 Å². The van der Waals surface area contributed by atoms with Crippen molar-refractivity contribution in [1.29, 1.82) is 5.26 Å². The summed E-state index contributed by atoms with van der Waals surface area (Å²) in [4.78, 5) is 85.3. The van der Waals surface area contributed by atoms with E-state index in [1.807, 2.05) is 6.07 Å². The van der Waals surface area contributed by atoms with Gasteiger partial charge in [0, 0.05) is 48.5 Å². The van der Waals surface area contributed by atoms with Gasteiger partial charge in [-0.1, -0.05) is 30.3 Å². The molecule has 0 spiro atoms. The molecule has 53 heavy (non-hydrogen) atoms. The van der Waals surface area contributed by atoms with E-state index >= 15 is 0 Å². The Bertz CT molecular complexity index is 1530. The molecule has 1 aromatic carbocycles. The highest BCUT2D eigenvalue weighted by atomic mass is 16.8. The number of esters is 7. The molecule has 0 aromatic heterocycles. The zero-order valence-electron chi connectivity index (χ0n) is 29.9. The van der Waals surface area contributed by atoms with Crippen molar-refractivity contribution in [3.05, 3.63) is 35.9 Å². The van der Waals surface area contributed by atoms with Gasteiger partial charge in [0.05, 0.1) is 12.7 Å². The first kappa shape index (κ1) is 42.3. The third kappa shape index (κ3) is 12.5. The van der Waals surface area contributed by atoms with Crippen molar-refractivity contribution in [1.82, 2.24) is 0 Å². The van der Waals surface area contributed by atoms with Gasteiger partial charge >= 0.3 is 41.8 Å². The summed E-state index contributed by atoms with van der Waals surface area (Å²) in [6.07, 6.45) is -16.9. The van der Waals surface area contributed by atoms with Gasteiger partial charge in [0.1, 0.15) is 18.8 Å². The van der Waals surface area contributed by atoms with Gasteiger partial charge in [0.15, 0.2) is 49.0 Å². The van der Waals surface area contributed by atoms with E-state index in [4.69, 9.17) is 52.1 Å². The van der Waals surface area contributed by atoms with Gasteiger partial charge < -0.3 is 52.1 Å². The van der Waals surface area contributed by atoms with Gasteiger partial charge in [0.25, 0.3) is 0 Å². The van der Waals surface area contributed by atoms with Crippen LogP contribution in [0.5, 0.6) is 0 Å². The molecule has 0 unspecified atom stereocenters. The molecular weight excluding hydrogens is 710 g/mol. The summed E-state index contributed by atoms with van der Waals surface area (Å²) < 4.78 is 61.9. The van der Waals surface area contributed by atoms with Crippen molar-refractivity contribution in [3.8, 4) is 6.07 Å². The van der Waals surface area contributed by atoms with Crippen molar-refractivity contribution in [2.24, 2.45) is 0 Å². The molecule has 2 aliphatic rings.